The number of carbonyl (C=O) groups is 1. The third kappa shape index (κ3) is 5.50. The average Bonchev–Trinajstić information content (AvgIpc) is 2.42. The van der Waals surface area contributed by atoms with Crippen LogP contribution in [0.25, 0.3) is 0 Å². The van der Waals surface area contributed by atoms with Gasteiger partial charge in [-0.25, -0.2) is 0 Å². The highest BCUT2D eigenvalue weighted by atomic mass is 127. The highest BCUT2D eigenvalue weighted by Crippen LogP contribution is 2.05. The zero-order valence-electron chi connectivity index (χ0n) is 10.3. The van der Waals surface area contributed by atoms with Crippen LogP contribution in [0.15, 0.2) is 24.3 Å². The summed E-state index contributed by atoms with van der Waals surface area (Å²) in [7, 11) is 0. The van der Waals surface area contributed by atoms with E-state index in [0.29, 0.717) is 17.7 Å². The monoisotopic (exact) mass is 356 g/mol. The molecule has 0 atom stereocenters. The molecule has 0 radical (unpaired) electrons. The lowest BCUT2D eigenvalue weighted by atomic mass is 10.1. The van der Waals surface area contributed by atoms with Gasteiger partial charge in [-0.05, 0) is 35.5 Å². The van der Waals surface area contributed by atoms with E-state index in [1.54, 1.807) is 24.3 Å². The number of hydrogen-bond acceptors (Lipinski definition) is 2. The molecule has 0 spiro atoms. The van der Waals surface area contributed by atoms with Crippen LogP contribution in [-0.2, 0) is 0 Å². The SMILES string of the molecule is N#Cc1cccc(C(=O)NCCCCCCI)c1. The van der Waals surface area contributed by atoms with Gasteiger partial charge in [0.1, 0.15) is 0 Å². The first-order valence-electron chi connectivity index (χ1n) is 6.12. The van der Waals surface area contributed by atoms with Gasteiger partial charge in [-0.2, -0.15) is 5.26 Å². The minimum Gasteiger partial charge on any atom is -0.352 e. The molecule has 0 aliphatic heterocycles. The van der Waals surface area contributed by atoms with Crippen LogP contribution >= 0.6 is 22.6 Å². The molecule has 0 saturated heterocycles. The van der Waals surface area contributed by atoms with E-state index in [1.165, 1.54) is 17.3 Å². The van der Waals surface area contributed by atoms with E-state index in [-0.39, 0.29) is 5.91 Å². The summed E-state index contributed by atoms with van der Waals surface area (Å²) in [5.74, 6) is -0.0963. The van der Waals surface area contributed by atoms with Crippen molar-refractivity contribution in [3.8, 4) is 6.07 Å². The summed E-state index contributed by atoms with van der Waals surface area (Å²) in [4.78, 5) is 11.8. The predicted molar refractivity (Wildman–Crippen MR) is 80.8 cm³/mol. The first-order chi connectivity index (χ1) is 8.77. The standard InChI is InChI=1S/C14H17IN2O/c15-8-3-1-2-4-9-17-14(18)13-7-5-6-12(10-13)11-16/h5-7,10H,1-4,8-9H2,(H,17,18). The van der Waals surface area contributed by atoms with E-state index >= 15 is 0 Å². The van der Waals surface area contributed by atoms with E-state index in [0.717, 1.165) is 12.8 Å². The summed E-state index contributed by atoms with van der Waals surface area (Å²) in [6, 6.07) is 8.80. The van der Waals surface area contributed by atoms with Crippen molar-refractivity contribution >= 4 is 28.5 Å². The number of nitrogens with one attached hydrogen (secondary N) is 1. The molecule has 1 amide bonds. The Labute approximate surface area is 122 Å². The molecule has 0 unspecified atom stereocenters. The van der Waals surface area contributed by atoms with Crippen molar-refractivity contribution in [2.24, 2.45) is 0 Å². The Kier molecular flexibility index (Phi) is 7.42. The average molecular weight is 356 g/mol. The number of halogens is 1. The van der Waals surface area contributed by atoms with Gasteiger partial charge in [0.25, 0.3) is 5.91 Å². The summed E-state index contributed by atoms with van der Waals surface area (Å²) in [5, 5.41) is 11.6. The molecule has 0 aliphatic carbocycles. The topological polar surface area (TPSA) is 52.9 Å². The van der Waals surface area contributed by atoms with Gasteiger partial charge < -0.3 is 5.32 Å². The number of nitriles is 1. The van der Waals surface area contributed by atoms with Crippen molar-refractivity contribution in [2.45, 2.75) is 25.7 Å². The van der Waals surface area contributed by atoms with Crippen molar-refractivity contribution in [3.05, 3.63) is 35.4 Å². The fourth-order valence-electron chi connectivity index (χ4n) is 1.61. The lowest BCUT2D eigenvalue weighted by Crippen LogP contribution is -2.24. The van der Waals surface area contributed by atoms with Crippen molar-refractivity contribution in [1.29, 1.82) is 5.26 Å². The number of rotatable bonds is 7. The third-order valence-electron chi connectivity index (χ3n) is 2.60. The molecule has 0 saturated carbocycles. The molecule has 18 heavy (non-hydrogen) atoms. The van der Waals surface area contributed by atoms with E-state index < -0.39 is 0 Å². The van der Waals surface area contributed by atoms with Gasteiger partial charge >= 0.3 is 0 Å². The van der Waals surface area contributed by atoms with Crippen molar-refractivity contribution in [1.82, 2.24) is 5.32 Å². The molecule has 1 N–H and O–H groups in total. The van der Waals surface area contributed by atoms with Gasteiger partial charge in [0, 0.05) is 12.1 Å². The van der Waals surface area contributed by atoms with Gasteiger partial charge in [-0.1, -0.05) is 41.5 Å². The number of nitrogens with zero attached hydrogens (tertiary/aromatic N) is 1. The summed E-state index contributed by atoms with van der Waals surface area (Å²) >= 11 is 2.38. The molecule has 3 nitrogen and oxygen atoms in total. The van der Waals surface area contributed by atoms with Crippen molar-refractivity contribution in [2.75, 3.05) is 11.0 Å². The highest BCUT2D eigenvalue weighted by Gasteiger charge is 2.04. The summed E-state index contributed by atoms with van der Waals surface area (Å²) in [6.07, 6.45) is 4.64. The molecular formula is C14H17IN2O. The Balaban J connectivity index is 2.30. The van der Waals surface area contributed by atoms with Crippen LogP contribution in [0.2, 0.25) is 0 Å². The van der Waals surface area contributed by atoms with Crippen LogP contribution < -0.4 is 5.32 Å². The second-order valence-electron chi connectivity index (χ2n) is 4.05. The number of alkyl halides is 1. The quantitative estimate of drug-likeness (QED) is 0.463. The Morgan fingerprint density at radius 1 is 1.28 bits per heavy atom. The smallest absolute Gasteiger partial charge is 0.251 e. The zero-order chi connectivity index (χ0) is 13.2. The van der Waals surface area contributed by atoms with Crippen LogP contribution in [-0.4, -0.2) is 16.9 Å². The normalized spacial score (nSPS) is 9.78. The fourth-order valence-corrected chi connectivity index (χ4v) is 2.15. The van der Waals surface area contributed by atoms with Gasteiger partial charge in [0.15, 0.2) is 0 Å². The minimum atomic E-state index is -0.0963. The third-order valence-corrected chi connectivity index (χ3v) is 3.36. The van der Waals surface area contributed by atoms with Gasteiger partial charge in [0.2, 0.25) is 0 Å². The van der Waals surface area contributed by atoms with E-state index in [4.69, 9.17) is 5.26 Å². The lowest BCUT2D eigenvalue weighted by molar-refractivity contribution is 0.0953. The lowest BCUT2D eigenvalue weighted by Gasteiger charge is -2.05. The summed E-state index contributed by atoms with van der Waals surface area (Å²) in [5.41, 5.74) is 1.08. The summed E-state index contributed by atoms with van der Waals surface area (Å²) < 4.78 is 1.20. The van der Waals surface area contributed by atoms with E-state index in [1.807, 2.05) is 6.07 Å². The number of benzene rings is 1. The molecule has 1 rings (SSSR count). The highest BCUT2D eigenvalue weighted by molar-refractivity contribution is 14.1. The molecule has 0 bridgehead atoms. The second kappa shape index (κ2) is 8.92. The number of unbranched alkanes of at least 4 members (excludes halogenated alkanes) is 3. The largest absolute Gasteiger partial charge is 0.352 e. The maximum atomic E-state index is 11.8. The molecular weight excluding hydrogens is 339 g/mol. The Bertz CT molecular complexity index is 426. The fraction of sp³-hybridized carbons (Fsp3) is 0.429. The molecule has 0 aliphatic rings. The number of carbonyl (C=O) groups excluding carboxylic acids is 1. The molecule has 0 aromatic heterocycles. The number of hydrogen-bond donors (Lipinski definition) is 1. The van der Waals surface area contributed by atoms with Gasteiger partial charge in [-0.3, -0.25) is 4.79 Å². The molecule has 1 aromatic rings. The van der Waals surface area contributed by atoms with Crippen molar-refractivity contribution < 1.29 is 4.79 Å². The maximum absolute atomic E-state index is 11.8. The van der Waals surface area contributed by atoms with Crippen LogP contribution in [0.3, 0.4) is 0 Å². The zero-order valence-corrected chi connectivity index (χ0v) is 12.4. The van der Waals surface area contributed by atoms with Crippen LogP contribution in [0.5, 0.6) is 0 Å². The Morgan fingerprint density at radius 3 is 2.78 bits per heavy atom. The number of amides is 1. The van der Waals surface area contributed by atoms with Crippen LogP contribution in [0.1, 0.15) is 41.6 Å². The predicted octanol–water partition coefficient (Wildman–Crippen LogP) is 3.28. The molecule has 0 heterocycles. The molecule has 4 heteroatoms. The molecule has 96 valence electrons. The second-order valence-corrected chi connectivity index (χ2v) is 5.13. The Hall–Kier alpha value is -1.09. The van der Waals surface area contributed by atoms with Crippen LogP contribution in [0, 0.1) is 11.3 Å². The van der Waals surface area contributed by atoms with E-state index in [9.17, 15) is 4.79 Å². The summed E-state index contributed by atoms with van der Waals surface area (Å²) in [6.45, 7) is 0.705. The van der Waals surface area contributed by atoms with Crippen LogP contribution in [0.4, 0.5) is 0 Å². The van der Waals surface area contributed by atoms with Gasteiger partial charge in [-0.15, -0.1) is 0 Å². The first kappa shape index (κ1) is 15.0. The van der Waals surface area contributed by atoms with Gasteiger partial charge in [0.05, 0.1) is 11.6 Å². The molecule has 0 fully saturated rings. The minimum absolute atomic E-state index is 0.0963. The maximum Gasteiger partial charge on any atom is 0.251 e. The Morgan fingerprint density at radius 2 is 2.06 bits per heavy atom. The first-order valence-corrected chi connectivity index (χ1v) is 7.65. The van der Waals surface area contributed by atoms with E-state index in [2.05, 4.69) is 27.9 Å². The van der Waals surface area contributed by atoms with Crippen molar-refractivity contribution in [3.63, 3.8) is 0 Å². The molecule has 1 aromatic carbocycles.